The lowest BCUT2D eigenvalue weighted by Crippen LogP contribution is -2.21. The van der Waals surface area contributed by atoms with Gasteiger partial charge in [0.2, 0.25) is 0 Å². The van der Waals surface area contributed by atoms with E-state index in [1.54, 1.807) is 11.3 Å². The van der Waals surface area contributed by atoms with Crippen molar-refractivity contribution in [1.82, 2.24) is 0 Å². The van der Waals surface area contributed by atoms with Crippen molar-refractivity contribution in [2.45, 2.75) is 38.7 Å². The lowest BCUT2D eigenvalue weighted by atomic mass is 9.92. The van der Waals surface area contributed by atoms with Crippen LogP contribution >= 0.6 is 11.3 Å². The molecular weight excluding hydrogens is 240 g/mol. The Morgan fingerprint density at radius 2 is 1.89 bits per heavy atom. The van der Waals surface area contributed by atoms with Gasteiger partial charge in [0.1, 0.15) is 5.60 Å². The summed E-state index contributed by atoms with van der Waals surface area (Å²) < 4.78 is 0. The molecule has 1 nitrogen and oxygen atoms in total. The van der Waals surface area contributed by atoms with E-state index >= 15 is 0 Å². The van der Waals surface area contributed by atoms with Crippen molar-refractivity contribution in [3.63, 3.8) is 0 Å². The molecule has 2 heteroatoms. The Bertz CT molecular complexity index is 581. The quantitative estimate of drug-likeness (QED) is 0.868. The lowest BCUT2D eigenvalue weighted by Gasteiger charge is -2.23. The van der Waals surface area contributed by atoms with Gasteiger partial charge in [0, 0.05) is 9.75 Å². The second-order valence-electron chi connectivity index (χ2n) is 5.32. The summed E-state index contributed by atoms with van der Waals surface area (Å²) in [7, 11) is 0. The van der Waals surface area contributed by atoms with Crippen LogP contribution in [0.4, 0.5) is 0 Å². The van der Waals surface area contributed by atoms with Crippen LogP contribution in [-0.4, -0.2) is 5.11 Å². The average molecular weight is 258 g/mol. The highest BCUT2D eigenvalue weighted by Gasteiger charge is 2.28. The molecule has 0 saturated carbocycles. The zero-order valence-corrected chi connectivity index (χ0v) is 11.7. The summed E-state index contributed by atoms with van der Waals surface area (Å²) in [5, 5.41) is 10.8. The first-order valence-electron chi connectivity index (χ1n) is 6.49. The van der Waals surface area contributed by atoms with Crippen LogP contribution in [-0.2, 0) is 18.4 Å². The normalized spacial score (nSPS) is 17.5. The molecule has 1 aliphatic carbocycles. The minimum absolute atomic E-state index is 0.865. The highest BCUT2D eigenvalue weighted by Crippen LogP contribution is 2.35. The van der Waals surface area contributed by atoms with Crippen molar-refractivity contribution in [2.75, 3.05) is 0 Å². The molecule has 1 atom stereocenters. The highest BCUT2D eigenvalue weighted by atomic mass is 32.1. The second-order valence-corrected chi connectivity index (χ2v) is 6.61. The number of aliphatic hydroxyl groups is 1. The van der Waals surface area contributed by atoms with E-state index in [9.17, 15) is 5.11 Å². The van der Waals surface area contributed by atoms with E-state index in [1.807, 2.05) is 13.0 Å². The van der Waals surface area contributed by atoms with Crippen molar-refractivity contribution in [1.29, 1.82) is 0 Å². The molecule has 3 rings (SSSR count). The number of hydrogen-bond acceptors (Lipinski definition) is 2. The van der Waals surface area contributed by atoms with Crippen molar-refractivity contribution in [3.8, 4) is 0 Å². The number of benzene rings is 1. The lowest BCUT2D eigenvalue weighted by molar-refractivity contribution is 0.106. The Morgan fingerprint density at radius 1 is 1.11 bits per heavy atom. The number of rotatable bonds is 2. The van der Waals surface area contributed by atoms with Crippen LogP contribution in [0.2, 0.25) is 0 Å². The maximum absolute atomic E-state index is 10.8. The van der Waals surface area contributed by atoms with Gasteiger partial charge in [-0.25, -0.2) is 0 Å². The van der Waals surface area contributed by atoms with Gasteiger partial charge < -0.3 is 5.11 Å². The van der Waals surface area contributed by atoms with E-state index in [2.05, 4.69) is 31.2 Å². The fraction of sp³-hybridized carbons (Fsp3) is 0.375. The summed E-state index contributed by atoms with van der Waals surface area (Å²) in [4.78, 5) is 2.27. The van der Waals surface area contributed by atoms with Crippen molar-refractivity contribution in [3.05, 3.63) is 56.8 Å². The van der Waals surface area contributed by atoms with Crippen LogP contribution in [0.5, 0.6) is 0 Å². The molecule has 18 heavy (non-hydrogen) atoms. The maximum atomic E-state index is 10.8. The van der Waals surface area contributed by atoms with Gasteiger partial charge >= 0.3 is 0 Å². The van der Waals surface area contributed by atoms with Crippen LogP contribution in [0.1, 0.15) is 39.8 Å². The minimum atomic E-state index is -0.865. The SMILES string of the molecule is Cc1ccc(C(C)(O)c2ccc3c(c2)CCC3)s1. The predicted octanol–water partition coefficient (Wildman–Crippen LogP) is 3.80. The summed E-state index contributed by atoms with van der Waals surface area (Å²) in [6.07, 6.45) is 3.59. The van der Waals surface area contributed by atoms with E-state index in [0.29, 0.717) is 0 Å². The maximum Gasteiger partial charge on any atom is 0.121 e. The first kappa shape index (κ1) is 11.9. The van der Waals surface area contributed by atoms with E-state index in [4.69, 9.17) is 0 Å². The topological polar surface area (TPSA) is 20.2 Å². The van der Waals surface area contributed by atoms with Crippen LogP contribution in [0, 0.1) is 6.92 Å². The zero-order chi connectivity index (χ0) is 12.8. The van der Waals surface area contributed by atoms with Gasteiger partial charge in [-0.05, 0) is 61.9 Å². The van der Waals surface area contributed by atoms with E-state index in [1.165, 1.54) is 28.8 Å². The van der Waals surface area contributed by atoms with Crippen molar-refractivity contribution >= 4 is 11.3 Å². The summed E-state index contributed by atoms with van der Waals surface area (Å²) >= 11 is 1.67. The molecule has 1 heterocycles. The molecule has 0 spiro atoms. The van der Waals surface area contributed by atoms with Crippen molar-refractivity contribution < 1.29 is 5.11 Å². The molecule has 1 N–H and O–H groups in total. The number of fused-ring (bicyclic) bond motifs is 1. The molecule has 0 radical (unpaired) electrons. The smallest absolute Gasteiger partial charge is 0.121 e. The zero-order valence-electron chi connectivity index (χ0n) is 10.9. The van der Waals surface area contributed by atoms with Gasteiger partial charge in [-0.3, -0.25) is 0 Å². The van der Waals surface area contributed by atoms with E-state index in [-0.39, 0.29) is 0 Å². The molecule has 0 amide bonds. The second kappa shape index (κ2) is 4.22. The Labute approximate surface area is 112 Å². The molecule has 2 aromatic rings. The van der Waals surface area contributed by atoms with E-state index in [0.717, 1.165) is 16.9 Å². The molecule has 1 aromatic carbocycles. The Morgan fingerprint density at radius 3 is 2.61 bits per heavy atom. The number of aryl methyl sites for hydroxylation is 3. The summed E-state index contributed by atoms with van der Waals surface area (Å²) in [6.45, 7) is 3.97. The van der Waals surface area contributed by atoms with Crippen LogP contribution in [0.25, 0.3) is 0 Å². The largest absolute Gasteiger partial charge is 0.380 e. The molecule has 0 aliphatic heterocycles. The first-order chi connectivity index (χ1) is 8.57. The molecule has 0 saturated heterocycles. The van der Waals surface area contributed by atoms with Crippen LogP contribution in [0.3, 0.4) is 0 Å². The van der Waals surface area contributed by atoms with Gasteiger partial charge in [-0.2, -0.15) is 0 Å². The third-order valence-electron chi connectivity index (χ3n) is 3.88. The van der Waals surface area contributed by atoms with Gasteiger partial charge in [-0.1, -0.05) is 18.2 Å². The molecule has 0 fully saturated rings. The Kier molecular flexibility index (Phi) is 2.80. The highest BCUT2D eigenvalue weighted by molar-refractivity contribution is 7.12. The molecular formula is C16H18OS. The minimum Gasteiger partial charge on any atom is -0.380 e. The fourth-order valence-electron chi connectivity index (χ4n) is 2.71. The number of hydrogen-bond donors (Lipinski definition) is 1. The molecule has 1 unspecified atom stereocenters. The summed E-state index contributed by atoms with van der Waals surface area (Å²) in [5.41, 5.74) is 3.03. The summed E-state index contributed by atoms with van der Waals surface area (Å²) in [6, 6.07) is 10.6. The third-order valence-corrected chi connectivity index (χ3v) is 5.09. The van der Waals surface area contributed by atoms with E-state index < -0.39 is 5.60 Å². The van der Waals surface area contributed by atoms with Gasteiger partial charge in [0.05, 0.1) is 0 Å². The first-order valence-corrected chi connectivity index (χ1v) is 7.30. The molecule has 0 bridgehead atoms. The Balaban J connectivity index is 2.03. The van der Waals surface area contributed by atoms with Crippen molar-refractivity contribution in [2.24, 2.45) is 0 Å². The average Bonchev–Trinajstić information content (AvgIpc) is 2.96. The number of thiophene rings is 1. The van der Waals surface area contributed by atoms with Crippen LogP contribution < -0.4 is 0 Å². The van der Waals surface area contributed by atoms with Gasteiger partial charge in [0.15, 0.2) is 0 Å². The van der Waals surface area contributed by atoms with Gasteiger partial charge in [-0.15, -0.1) is 11.3 Å². The standard InChI is InChI=1S/C16H18OS/c1-11-6-9-15(18-11)16(2,17)14-8-7-12-4-3-5-13(12)10-14/h6-10,17H,3-5H2,1-2H3. The Hall–Kier alpha value is -1.12. The third kappa shape index (κ3) is 1.90. The summed E-state index contributed by atoms with van der Waals surface area (Å²) in [5.74, 6) is 0. The fourth-order valence-corrected chi connectivity index (χ4v) is 3.65. The monoisotopic (exact) mass is 258 g/mol. The van der Waals surface area contributed by atoms with Gasteiger partial charge in [0.25, 0.3) is 0 Å². The molecule has 1 aliphatic rings. The molecule has 1 aromatic heterocycles. The van der Waals surface area contributed by atoms with Crippen LogP contribution in [0.15, 0.2) is 30.3 Å². The predicted molar refractivity (Wildman–Crippen MR) is 76.2 cm³/mol. The molecule has 94 valence electrons.